The van der Waals surface area contributed by atoms with E-state index in [9.17, 15) is 13.2 Å². The first-order chi connectivity index (χ1) is 9.23. The molecule has 0 aliphatic carbocycles. The largest absolute Gasteiger partial charge is 0.495 e. The Hall–Kier alpha value is -1.80. The van der Waals surface area contributed by atoms with Crippen molar-refractivity contribution in [2.24, 2.45) is 0 Å². The van der Waals surface area contributed by atoms with Crippen LogP contribution in [0.15, 0.2) is 17.0 Å². The molecule has 1 amide bonds. The van der Waals surface area contributed by atoms with Gasteiger partial charge in [0.15, 0.2) is 0 Å². The Labute approximate surface area is 118 Å². The second-order valence-corrected chi connectivity index (χ2v) is 6.31. The zero-order valence-electron chi connectivity index (χ0n) is 11.9. The number of anilines is 1. The van der Waals surface area contributed by atoms with E-state index in [1.54, 1.807) is 13.0 Å². The third-order valence-electron chi connectivity index (χ3n) is 2.89. The molecule has 0 heterocycles. The topological polar surface area (TPSA) is 102 Å². The zero-order chi connectivity index (χ0) is 15.5. The minimum Gasteiger partial charge on any atom is -0.495 e. The molecule has 112 valence electrons. The Morgan fingerprint density at radius 1 is 1.45 bits per heavy atom. The summed E-state index contributed by atoms with van der Waals surface area (Å²) in [6, 6.07) is 2.89. The fourth-order valence-electron chi connectivity index (χ4n) is 1.57. The molecule has 0 aromatic heterocycles. The quantitative estimate of drug-likeness (QED) is 0.743. The molecule has 20 heavy (non-hydrogen) atoms. The molecular formula is C12H19N3O4S. The number of rotatable bonds is 5. The molecule has 0 aliphatic rings. The van der Waals surface area contributed by atoms with Gasteiger partial charge in [-0.25, -0.2) is 8.42 Å². The molecule has 3 N–H and O–H groups in total. The molecule has 1 aromatic rings. The average Bonchev–Trinajstić information content (AvgIpc) is 2.40. The van der Waals surface area contributed by atoms with Gasteiger partial charge >= 0.3 is 0 Å². The lowest BCUT2D eigenvalue weighted by molar-refractivity contribution is -0.120. The molecular weight excluding hydrogens is 282 g/mol. The van der Waals surface area contributed by atoms with Gasteiger partial charge in [0.1, 0.15) is 10.6 Å². The fourth-order valence-corrected chi connectivity index (χ4v) is 2.87. The molecule has 0 unspecified atom stereocenters. The van der Waals surface area contributed by atoms with Gasteiger partial charge in [-0.05, 0) is 24.6 Å². The summed E-state index contributed by atoms with van der Waals surface area (Å²) in [7, 11) is 0.276. The van der Waals surface area contributed by atoms with E-state index in [1.807, 2.05) is 0 Å². The van der Waals surface area contributed by atoms with Crippen molar-refractivity contribution in [2.45, 2.75) is 11.8 Å². The smallest absolute Gasteiger partial charge is 0.247 e. The fraction of sp³-hybridized carbons (Fsp3) is 0.417. The lowest BCUT2D eigenvalue weighted by Gasteiger charge is -2.19. The van der Waals surface area contributed by atoms with E-state index in [-0.39, 0.29) is 17.2 Å². The van der Waals surface area contributed by atoms with Crippen molar-refractivity contribution in [3.8, 4) is 5.75 Å². The Morgan fingerprint density at radius 3 is 2.55 bits per heavy atom. The first-order valence-electron chi connectivity index (χ1n) is 5.85. The average molecular weight is 301 g/mol. The van der Waals surface area contributed by atoms with E-state index >= 15 is 0 Å². The molecule has 0 radical (unpaired) electrons. The highest BCUT2D eigenvalue weighted by molar-refractivity contribution is 7.89. The van der Waals surface area contributed by atoms with Crippen molar-refractivity contribution in [1.29, 1.82) is 0 Å². The number of nitrogen functional groups attached to an aromatic ring is 1. The van der Waals surface area contributed by atoms with Crippen molar-refractivity contribution in [3.63, 3.8) is 0 Å². The van der Waals surface area contributed by atoms with E-state index in [0.717, 1.165) is 9.87 Å². The lowest BCUT2D eigenvalue weighted by atomic mass is 10.2. The number of nitrogens with one attached hydrogen (secondary N) is 1. The third-order valence-corrected chi connectivity index (χ3v) is 4.71. The van der Waals surface area contributed by atoms with Gasteiger partial charge in [-0.15, -0.1) is 0 Å². The van der Waals surface area contributed by atoms with Gasteiger partial charge in [0, 0.05) is 19.8 Å². The highest BCUT2D eigenvalue weighted by Gasteiger charge is 2.27. The van der Waals surface area contributed by atoms with E-state index in [0.29, 0.717) is 5.69 Å². The summed E-state index contributed by atoms with van der Waals surface area (Å²) in [5.41, 5.74) is 6.81. The van der Waals surface area contributed by atoms with Crippen molar-refractivity contribution in [2.75, 3.05) is 33.5 Å². The summed E-state index contributed by atoms with van der Waals surface area (Å²) in [5.74, 6) is -0.212. The Kier molecular flexibility index (Phi) is 4.96. The van der Waals surface area contributed by atoms with Crippen LogP contribution >= 0.6 is 0 Å². The summed E-state index contributed by atoms with van der Waals surface area (Å²) in [4.78, 5) is 11.2. The van der Waals surface area contributed by atoms with E-state index in [2.05, 4.69) is 5.32 Å². The number of aryl methyl sites for hydroxylation is 1. The Morgan fingerprint density at radius 2 is 2.05 bits per heavy atom. The Bertz CT molecular complexity index is 613. The van der Waals surface area contributed by atoms with Crippen LogP contribution < -0.4 is 15.8 Å². The number of hydrogen-bond donors (Lipinski definition) is 2. The van der Waals surface area contributed by atoms with Crippen molar-refractivity contribution >= 4 is 21.6 Å². The highest BCUT2D eigenvalue weighted by Crippen LogP contribution is 2.30. The SMILES string of the molecule is CNC(=O)CN(C)S(=O)(=O)c1cc(N)c(C)cc1OC. The normalized spacial score (nSPS) is 11.4. The Balaban J connectivity index is 3.28. The molecule has 8 heteroatoms. The molecule has 0 fully saturated rings. The van der Waals surface area contributed by atoms with Crippen LogP contribution in [0.25, 0.3) is 0 Å². The maximum absolute atomic E-state index is 12.4. The van der Waals surface area contributed by atoms with Crippen molar-refractivity contribution in [1.82, 2.24) is 9.62 Å². The van der Waals surface area contributed by atoms with Gasteiger partial charge in [-0.1, -0.05) is 0 Å². The number of carbonyl (C=O) groups is 1. The molecule has 0 atom stereocenters. The molecule has 0 saturated carbocycles. The number of likely N-dealkylation sites (N-methyl/N-ethyl adjacent to an activating group) is 2. The number of nitrogens with zero attached hydrogens (tertiary/aromatic N) is 1. The number of carbonyl (C=O) groups excluding carboxylic acids is 1. The maximum Gasteiger partial charge on any atom is 0.247 e. The standard InChI is InChI=1S/C12H19N3O4S/c1-8-5-10(19-4)11(6-9(8)13)20(17,18)15(3)7-12(16)14-2/h5-6H,7,13H2,1-4H3,(H,14,16). The summed E-state index contributed by atoms with van der Waals surface area (Å²) >= 11 is 0. The zero-order valence-corrected chi connectivity index (χ0v) is 12.7. The summed E-state index contributed by atoms with van der Waals surface area (Å²) in [6.07, 6.45) is 0. The van der Waals surface area contributed by atoms with E-state index in [4.69, 9.17) is 10.5 Å². The predicted octanol–water partition coefficient (Wildman–Crippen LogP) is -0.0477. The lowest BCUT2D eigenvalue weighted by Crippen LogP contribution is -2.37. The van der Waals surface area contributed by atoms with Crippen molar-refractivity contribution < 1.29 is 17.9 Å². The van der Waals surface area contributed by atoms with Crippen LogP contribution in [0.3, 0.4) is 0 Å². The van der Waals surface area contributed by atoms with Gasteiger partial charge in [-0.2, -0.15) is 4.31 Å². The van der Waals surface area contributed by atoms with Crippen LogP contribution in [0.5, 0.6) is 5.75 Å². The minimum absolute atomic E-state index is 0.0606. The van der Waals surface area contributed by atoms with Crippen LogP contribution in [0.4, 0.5) is 5.69 Å². The van der Waals surface area contributed by atoms with Crippen LogP contribution in [0.2, 0.25) is 0 Å². The third kappa shape index (κ3) is 3.20. The van der Waals surface area contributed by atoms with E-state index < -0.39 is 15.9 Å². The number of sulfonamides is 1. The van der Waals surface area contributed by atoms with Crippen LogP contribution in [0.1, 0.15) is 5.56 Å². The van der Waals surface area contributed by atoms with E-state index in [1.165, 1.54) is 27.3 Å². The number of amides is 1. The number of methoxy groups -OCH3 is 1. The first kappa shape index (κ1) is 16.3. The molecule has 1 aromatic carbocycles. The minimum atomic E-state index is -3.86. The second-order valence-electron chi connectivity index (χ2n) is 4.29. The second kappa shape index (κ2) is 6.10. The molecule has 1 rings (SSSR count). The number of nitrogens with two attached hydrogens (primary N) is 1. The molecule has 0 aliphatic heterocycles. The summed E-state index contributed by atoms with van der Waals surface area (Å²) < 4.78 is 30.9. The van der Waals surface area contributed by atoms with Crippen LogP contribution in [-0.2, 0) is 14.8 Å². The number of ether oxygens (including phenoxy) is 1. The predicted molar refractivity (Wildman–Crippen MR) is 76.0 cm³/mol. The van der Waals surface area contributed by atoms with Gasteiger partial charge in [0.2, 0.25) is 15.9 Å². The number of hydrogen-bond acceptors (Lipinski definition) is 5. The summed E-state index contributed by atoms with van der Waals surface area (Å²) in [5, 5.41) is 2.37. The van der Waals surface area contributed by atoms with Crippen molar-refractivity contribution in [3.05, 3.63) is 17.7 Å². The monoisotopic (exact) mass is 301 g/mol. The molecule has 7 nitrogen and oxygen atoms in total. The van der Waals surface area contributed by atoms with Gasteiger partial charge in [0.25, 0.3) is 0 Å². The van der Waals surface area contributed by atoms with Gasteiger partial charge < -0.3 is 15.8 Å². The number of benzene rings is 1. The maximum atomic E-state index is 12.4. The van der Waals surface area contributed by atoms with Crippen LogP contribution in [-0.4, -0.2) is 46.4 Å². The van der Waals surface area contributed by atoms with Gasteiger partial charge in [0.05, 0.1) is 13.7 Å². The van der Waals surface area contributed by atoms with Crippen LogP contribution in [0, 0.1) is 6.92 Å². The first-order valence-corrected chi connectivity index (χ1v) is 7.29. The highest BCUT2D eigenvalue weighted by atomic mass is 32.2. The van der Waals surface area contributed by atoms with Gasteiger partial charge in [-0.3, -0.25) is 4.79 Å². The molecule has 0 bridgehead atoms. The summed E-state index contributed by atoms with van der Waals surface area (Å²) in [6.45, 7) is 1.47. The molecule has 0 spiro atoms. The molecule has 0 saturated heterocycles.